The zero-order chi connectivity index (χ0) is 15.6. The molecule has 0 amide bonds. The molecule has 4 rings (SSSR count). The molecule has 2 aliphatic rings. The van der Waals surface area contributed by atoms with E-state index in [1.54, 1.807) is 0 Å². The molecule has 1 N–H and O–H groups in total. The zero-order valence-electron chi connectivity index (χ0n) is 13.5. The van der Waals surface area contributed by atoms with E-state index >= 15 is 0 Å². The number of phenolic OH excluding ortho intramolecular Hbond substituents is 1. The lowest BCUT2D eigenvalue weighted by Gasteiger charge is -2.37. The number of hydrogen-bond acceptors (Lipinski definition) is 2. The van der Waals surface area contributed by atoms with Gasteiger partial charge < -0.3 is 5.11 Å². The fraction of sp³-hybridized carbons (Fsp3) is 0.450. The van der Waals surface area contributed by atoms with Crippen molar-refractivity contribution in [3.63, 3.8) is 0 Å². The van der Waals surface area contributed by atoms with Gasteiger partial charge in [0.15, 0.2) is 0 Å². The number of aryl methyl sites for hydroxylation is 2. The van der Waals surface area contributed by atoms with Gasteiger partial charge in [0.2, 0.25) is 0 Å². The SMILES string of the molecule is Cc1c(O)cc2ccc3c(c2c1C)CC[C@]1(C)C(=O)CC[C@@H]31. The molecule has 0 radical (unpaired) electrons. The fourth-order valence-electron chi connectivity index (χ4n) is 4.75. The molecule has 1 fully saturated rings. The van der Waals surface area contributed by atoms with Gasteiger partial charge in [0, 0.05) is 11.8 Å². The fourth-order valence-corrected chi connectivity index (χ4v) is 4.75. The van der Waals surface area contributed by atoms with Crippen molar-refractivity contribution in [2.45, 2.75) is 52.4 Å². The summed E-state index contributed by atoms with van der Waals surface area (Å²) in [5, 5.41) is 12.5. The lowest BCUT2D eigenvalue weighted by molar-refractivity contribution is -0.126. The number of rotatable bonds is 0. The van der Waals surface area contributed by atoms with E-state index in [2.05, 4.69) is 26.0 Å². The lowest BCUT2D eigenvalue weighted by atomic mass is 9.65. The molecule has 22 heavy (non-hydrogen) atoms. The largest absolute Gasteiger partial charge is 0.508 e. The molecule has 114 valence electrons. The molecule has 2 aliphatic carbocycles. The summed E-state index contributed by atoms with van der Waals surface area (Å²) in [4.78, 5) is 12.3. The highest BCUT2D eigenvalue weighted by molar-refractivity contribution is 5.94. The third kappa shape index (κ3) is 1.58. The number of Topliss-reactive ketones (excluding diaryl/α,β-unsaturated/α-hetero) is 1. The van der Waals surface area contributed by atoms with Crippen molar-refractivity contribution in [1.82, 2.24) is 0 Å². The van der Waals surface area contributed by atoms with Crippen LogP contribution in [0.5, 0.6) is 5.75 Å². The maximum absolute atomic E-state index is 12.3. The summed E-state index contributed by atoms with van der Waals surface area (Å²) in [5.74, 6) is 1.20. The number of benzene rings is 2. The summed E-state index contributed by atoms with van der Waals surface area (Å²) >= 11 is 0. The van der Waals surface area contributed by atoms with Gasteiger partial charge in [-0.1, -0.05) is 19.1 Å². The van der Waals surface area contributed by atoms with Crippen LogP contribution in [0.3, 0.4) is 0 Å². The summed E-state index contributed by atoms with van der Waals surface area (Å²) in [7, 11) is 0. The van der Waals surface area contributed by atoms with Crippen LogP contribution in [-0.4, -0.2) is 10.9 Å². The quantitative estimate of drug-likeness (QED) is 0.773. The summed E-state index contributed by atoms with van der Waals surface area (Å²) in [5.41, 5.74) is 4.78. The zero-order valence-corrected chi connectivity index (χ0v) is 13.5. The lowest BCUT2D eigenvalue weighted by Crippen LogP contribution is -2.32. The average molecular weight is 294 g/mol. The topological polar surface area (TPSA) is 37.3 Å². The van der Waals surface area contributed by atoms with Crippen LogP contribution in [0.1, 0.15) is 54.4 Å². The van der Waals surface area contributed by atoms with E-state index in [-0.39, 0.29) is 5.41 Å². The molecule has 2 aromatic rings. The van der Waals surface area contributed by atoms with E-state index in [0.29, 0.717) is 17.5 Å². The van der Waals surface area contributed by atoms with Crippen molar-refractivity contribution < 1.29 is 9.90 Å². The van der Waals surface area contributed by atoms with E-state index in [9.17, 15) is 9.90 Å². The van der Waals surface area contributed by atoms with Gasteiger partial charge in [-0.05, 0) is 78.1 Å². The molecule has 2 aromatic carbocycles. The minimum atomic E-state index is -0.152. The smallest absolute Gasteiger partial charge is 0.139 e. The average Bonchev–Trinajstić information content (AvgIpc) is 2.80. The highest BCUT2D eigenvalue weighted by atomic mass is 16.3. The molecular formula is C20H22O2. The third-order valence-corrected chi connectivity index (χ3v) is 6.33. The minimum absolute atomic E-state index is 0.152. The van der Waals surface area contributed by atoms with E-state index < -0.39 is 0 Å². The molecule has 2 nitrogen and oxygen atoms in total. The van der Waals surface area contributed by atoms with Crippen LogP contribution in [0.15, 0.2) is 18.2 Å². The van der Waals surface area contributed by atoms with Crippen LogP contribution in [0.25, 0.3) is 10.8 Å². The molecule has 0 spiro atoms. The van der Waals surface area contributed by atoms with Crippen LogP contribution in [0.4, 0.5) is 0 Å². The van der Waals surface area contributed by atoms with E-state index in [1.807, 2.05) is 13.0 Å². The van der Waals surface area contributed by atoms with E-state index in [0.717, 1.165) is 36.6 Å². The number of phenols is 1. The Labute approximate surface area is 131 Å². The summed E-state index contributed by atoms with van der Waals surface area (Å²) in [6, 6.07) is 6.20. The van der Waals surface area contributed by atoms with Crippen LogP contribution in [-0.2, 0) is 11.2 Å². The van der Waals surface area contributed by atoms with Gasteiger partial charge in [0.1, 0.15) is 11.5 Å². The molecule has 2 heteroatoms. The summed E-state index contributed by atoms with van der Waals surface area (Å²) in [6.07, 6.45) is 3.65. The van der Waals surface area contributed by atoms with Crippen LogP contribution in [0.2, 0.25) is 0 Å². The van der Waals surface area contributed by atoms with Gasteiger partial charge >= 0.3 is 0 Å². The second-order valence-corrected chi connectivity index (χ2v) is 7.31. The second kappa shape index (κ2) is 4.34. The Bertz CT molecular complexity index is 818. The van der Waals surface area contributed by atoms with E-state index in [4.69, 9.17) is 0 Å². The first-order valence-electron chi connectivity index (χ1n) is 8.21. The number of hydrogen-bond donors (Lipinski definition) is 1. The highest BCUT2D eigenvalue weighted by Gasteiger charge is 2.49. The number of carbonyl (C=O) groups is 1. The first-order chi connectivity index (χ1) is 10.4. The van der Waals surface area contributed by atoms with Crippen LogP contribution < -0.4 is 0 Å². The number of carbonyl (C=O) groups excluding carboxylic acids is 1. The van der Waals surface area contributed by atoms with E-state index in [1.165, 1.54) is 22.1 Å². The predicted octanol–water partition coefficient (Wildman–Crippen LogP) is 4.56. The Hall–Kier alpha value is -1.83. The Morgan fingerprint density at radius 1 is 1.18 bits per heavy atom. The third-order valence-electron chi connectivity index (χ3n) is 6.33. The molecule has 0 unspecified atom stereocenters. The van der Waals surface area contributed by atoms with Gasteiger partial charge in [-0.2, -0.15) is 0 Å². The van der Waals surface area contributed by atoms with Crippen molar-refractivity contribution in [2.24, 2.45) is 5.41 Å². The second-order valence-electron chi connectivity index (χ2n) is 7.31. The van der Waals surface area contributed by atoms with Crippen molar-refractivity contribution in [1.29, 1.82) is 0 Å². The molecule has 0 heterocycles. The monoisotopic (exact) mass is 294 g/mol. The minimum Gasteiger partial charge on any atom is -0.508 e. The number of ketones is 1. The van der Waals surface area contributed by atoms with Crippen molar-refractivity contribution >= 4 is 16.6 Å². The molecule has 2 atom stereocenters. The Morgan fingerprint density at radius 3 is 2.73 bits per heavy atom. The first-order valence-corrected chi connectivity index (χ1v) is 8.21. The van der Waals surface area contributed by atoms with Gasteiger partial charge in [-0.15, -0.1) is 0 Å². The number of aromatic hydroxyl groups is 1. The Kier molecular flexibility index (Phi) is 2.73. The predicted molar refractivity (Wildman–Crippen MR) is 88.5 cm³/mol. The van der Waals surface area contributed by atoms with Gasteiger partial charge in [-0.25, -0.2) is 0 Å². The Morgan fingerprint density at radius 2 is 1.95 bits per heavy atom. The summed E-state index contributed by atoms with van der Waals surface area (Å²) < 4.78 is 0. The molecule has 0 saturated heterocycles. The van der Waals surface area contributed by atoms with Gasteiger partial charge in [0.25, 0.3) is 0 Å². The molecule has 0 aromatic heterocycles. The molecule has 0 bridgehead atoms. The van der Waals surface area contributed by atoms with Crippen LogP contribution in [0, 0.1) is 19.3 Å². The van der Waals surface area contributed by atoms with Gasteiger partial charge in [0.05, 0.1) is 0 Å². The summed E-state index contributed by atoms with van der Waals surface area (Å²) in [6.45, 7) is 6.25. The van der Waals surface area contributed by atoms with Crippen molar-refractivity contribution in [2.75, 3.05) is 0 Å². The molecule has 1 saturated carbocycles. The maximum atomic E-state index is 12.3. The highest BCUT2D eigenvalue weighted by Crippen LogP contribution is 2.54. The maximum Gasteiger partial charge on any atom is 0.139 e. The first kappa shape index (κ1) is 13.8. The Balaban J connectivity index is 2.02. The normalized spacial score (nSPS) is 27.0. The standard InChI is InChI=1S/C20H22O2/c1-11-12(2)19-13(10-17(11)21)4-5-14-15(19)8-9-20(3)16(14)6-7-18(20)22/h4-5,10,16,21H,6-9H2,1-3H3/t16-,20-/m0/s1. The van der Waals surface area contributed by atoms with Crippen LogP contribution >= 0.6 is 0 Å². The molecule has 0 aliphatic heterocycles. The van der Waals surface area contributed by atoms with Gasteiger partial charge in [-0.3, -0.25) is 4.79 Å². The van der Waals surface area contributed by atoms with Crippen molar-refractivity contribution in [3.8, 4) is 5.75 Å². The number of fused-ring (bicyclic) bond motifs is 5. The molecular weight excluding hydrogens is 272 g/mol. The van der Waals surface area contributed by atoms with Crippen molar-refractivity contribution in [3.05, 3.63) is 40.5 Å².